The van der Waals surface area contributed by atoms with Gasteiger partial charge in [0.15, 0.2) is 0 Å². The zero-order valence-corrected chi connectivity index (χ0v) is 12.6. The average Bonchev–Trinajstić information content (AvgIpc) is 2.10. The van der Waals surface area contributed by atoms with Gasteiger partial charge < -0.3 is 11.1 Å². The van der Waals surface area contributed by atoms with E-state index < -0.39 is 6.04 Å². The molecule has 0 spiro atoms. The largest absolute Gasteiger partial charge is 0.352 e. The number of rotatable bonds is 4. The molecule has 0 saturated heterocycles. The summed E-state index contributed by atoms with van der Waals surface area (Å²) in [5.74, 6) is -0.0427. The zero-order chi connectivity index (χ0) is 13.9. The minimum atomic E-state index is -0.445. The molecule has 3 N–H and O–H groups in total. The Kier molecular flexibility index (Phi) is 5.66. The van der Waals surface area contributed by atoms with Gasteiger partial charge >= 0.3 is 0 Å². The second kappa shape index (κ2) is 5.85. The second-order valence-electron chi connectivity index (χ2n) is 7.35. The van der Waals surface area contributed by atoms with Crippen molar-refractivity contribution in [1.82, 2.24) is 5.32 Å². The van der Waals surface area contributed by atoms with Crippen LogP contribution in [0.15, 0.2) is 0 Å². The Morgan fingerprint density at radius 1 is 1.18 bits per heavy atom. The van der Waals surface area contributed by atoms with Gasteiger partial charge in [-0.15, -0.1) is 0 Å². The van der Waals surface area contributed by atoms with Crippen LogP contribution in [-0.2, 0) is 4.79 Å². The van der Waals surface area contributed by atoms with Gasteiger partial charge in [0.05, 0.1) is 6.04 Å². The first-order valence-corrected chi connectivity index (χ1v) is 6.49. The Hall–Kier alpha value is -0.570. The Morgan fingerprint density at radius 3 is 2.00 bits per heavy atom. The van der Waals surface area contributed by atoms with Crippen LogP contribution >= 0.6 is 0 Å². The van der Waals surface area contributed by atoms with E-state index in [9.17, 15) is 4.79 Å². The molecule has 1 unspecified atom stereocenters. The van der Waals surface area contributed by atoms with Crippen LogP contribution in [0.3, 0.4) is 0 Å². The van der Waals surface area contributed by atoms with Gasteiger partial charge in [-0.2, -0.15) is 0 Å². The highest BCUT2D eigenvalue weighted by Gasteiger charge is 2.28. The zero-order valence-electron chi connectivity index (χ0n) is 12.6. The third-order valence-electron chi connectivity index (χ3n) is 2.93. The maximum absolute atomic E-state index is 11.9. The minimum absolute atomic E-state index is 0.0427. The standard InChI is InChI=1S/C14H30N2O/c1-10(8-9-13(2,3)4)16-12(17)11(15)14(5,6)7/h10-11H,8-9,15H2,1-7H3,(H,16,17)/t10?,11-/m1/s1. The summed E-state index contributed by atoms with van der Waals surface area (Å²) in [5, 5.41) is 2.99. The molecule has 0 rings (SSSR count). The van der Waals surface area contributed by atoms with E-state index in [0.717, 1.165) is 12.8 Å². The predicted octanol–water partition coefficient (Wildman–Crippen LogP) is 2.69. The molecule has 0 bridgehead atoms. The fourth-order valence-electron chi connectivity index (χ4n) is 1.45. The van der Waals surface area contributed by atoms with Gasteiger partial charge in [0.25, 0.3) is 0 Å². The molecule has 0 aliphatic heterocycles. The smallest absolute Gasteiger partial charge is 0.237 e. The molecule has 0 radical (unpaired) electrons. The quantitative estimate of drug-likeness (QED) is 0.796. The highest BCUT2D eigenvalue weighted by atomic mass is 16.2. The molecule has 0 aromatic carbocycles. The number of carbonyl (C=O) groups is 1. The molecule has 0 fully saturated rings. The highest BCUT2D eigenvalue weighted by molar-refractivity contribution is 5.82. The lowest BCUT2D eigenvalue weighted by Gasteiger charge is -2.28. The summed E-state index contributed by atoms with van der Waals surface area (Å²) in [6.45, 7) is 14.6. The van der Waals surface area contributed by atoms with Crippen LogP contribution in [0.25, 0.3) is 0 Å². The highest BCUT2D eigenvalue weighted by Crippen LogP contribution is 2.22. The Morgan fingerprint density at radius 2 is 1.65 bits per heavy atom. The topological polar surface area (TPSA) is 55.1 Å². The Labute approximate surface area is 107 Å². The molecule has 17 heavy (non-hydrogen) atoms. The average molecular weight is 242 g/mol. The van der Waals surface area contributed by atoms with Crippen molar-refractivity contribution in [3.63, 3.8) is 0 Å². The van der Waals surface area contributed by atoms with Crippen molar-refractivity contribution in [2.24, 2.45) is 16.6 Å². The Bertz CT molecular complexity index is 248. The van der Waals surface area contributed by atoms with Gasteiger partial charge in [0, 0.05) is 6.04 Å². The van der Waals surface area contributed by atoms with E-state index in [1.807, 2.05) is 27.7 Å². The lowest BCUT2D eigenvalue weighted by atomic mass is 9.86. The monoisotopic (exact) mass is 242 g/mol. The van der Waals surface area contributed by atoms with E-state index in [0.29, 0.717) is 5.41 Å². The molecular weight excluding hydrogens is 212 g/mol. The van der Waals surface area contributed by atoms with Crippen LogP contribution in [0.1, 0.15) is 61.3 Å². The van der Waals surface area contributed by atoms with E-state index in [1.165, 1.54) is 0 Å². The number of carbonyl (C=O) groups excluding carboxylic acids is 1. The van der Waals surface area contributed by atoms with Crippen LogP contribution in [0.4, 0.5) is 0 Å². The molecule has 0 aromatic rings. The van der Waals surface area contributed by atoms with Crippen molar-refractivity contribution in [2.45, 2.75) is 73.4 Å². The molecular formula is C14H30N2O. The van der Waals surface area contributed by atoms with Crippen LogP contribution < -0.4 is 11.1 Å². The SMILES string of the molecule is CC(CCC(C)(C)C)NC(=O)[C@@H](N)C(C)(C)C. The fourth-order valence-corrected chi connectivity index (χ4v) is 1.45. The lowest BCUT2D eigenvalue weighted by molar-refractivity contribution is -0.125. The summed E-state index contributed by atoms with van der Waals surface area (Å²) < 4.78 is 0. The molecule has 3 nitrogen and oxygen atoms in total. The van der Waals surface area contributed by atoms with E-state index >= 15 is 0 Å². The Balaban J connectivity index is 4.13. The van der Waals surface area contributed by atoms with E-state index in [4.69, 9.17) is 5.73 Å². The maximum Gasteiger partial charge on any atom is 0.237 e. The lowest BCUT2D eigenvalue weighted by Crippen LogP contribution is -2.50. The van der Waals surface area contributed by atoms with Crippen molar-refractivity contribution in [1.29, 1.82) is 0 Å². The summed E-state index contributed by atoms with van der Waals surface area (Å²) in [7, 11) is 0. The number of amides is 1. The molecule has 102 valence electrons. The van der Waals surface area contributed by atoms with Crippen molar-refractivity contribution in [3.05, 3.63) is 0 Å². The third kappa shape index (κ3) is 7.37. The molecule has 0 heterocycles. The number of nitrogens with one attached hydrogen (secondary N) is 1. The van der Waals surface area contributed by atoms with E-state index in [-0.39, 0.29) is 17.4 Å². The van der Waals surface area contributed by atoms with Crippen LogP contribution in [-0.4, -0.2) is 18.0 Å². The van der Waals surface area contributed by atoms with Gasteiger partial charge in [0.1, 0.15) is 0 Å². The van der Waals surface area contributed by atoms with E-state index in [2.05, 4.69) is 26.1 Å². The summed E-state index contributed by atoms with van der Waals surface area (Å²) in [6.07, 6.45) is 2.09. The second-order valence-corrected chi connectivity index (χ2v) is 7.35. The van der Waals surface area contributed by atoms with Gasteiger partial charge in [-0.3, -0.25) is 4.79 Å². The van der Waals surface area contributed by atoms with Crippen LogP contribution in [0.5, 0.6) is 0 Å². The number of nitrogens with two attached hydrogens (primary N) is 1. The van der Waals surface area contributed by atoms with E-state index in [1.54, 1.807) is 0 Å². The van der Waals surface area contributed by atoms with Gasteiger partial charge in [0.2, 0.25) is 5.91 Å². The first kappa shape index (κ1) is 16.4. The first-order chi connectivity index (χ1) is 7.43. The van der Waals surface area contributed by atoms with Crippen LogP contribution in [0, 0.1) is 10.8 Å². The molecule has 0 aliphatic rings. The van der Waals surface area contributed by atoms with Crippen molar-refractivity contribution >= 4 is 5.91 Å². The molecule has 1 amide bonds. The maximum atomic E-state index is 11.9. The molecule has 3 heteroatoms. The fraction of sp³-hybridized carbons (Fsp3) is 0.929. The summed E-state index contributed by atoms with van der Waals surface area (Å²) in [4.78, 5) is 11.9. The van der Waals surface area contributed by atoms with Crippen molar-refractivity contribution in [3.8, 4) is 0 Å². The number of hydrogen-bond donors (Lipinski definition) is 2. The summed E-state index contributed by atoms with van der Waals surface area (Å²) >= 11 is 0. The summed E-state index contributed by atoms with van der Waals surface area (Å²) in [5.41, 5.74) is 6.04. The van der Waals surface area contributed by atoms with Crippen molar-refractivity contribution < 1.29 is 4.79 Å². The minimum Gasteiger partial charge on any atom is -0.352 e. The molecule has 2 atom stereocenters. The summed E-state index contributed by atoms with van der Waals surface area (Å²) in [6, 6.07) is -0.255. The van der Waals surface area contributed by atoms with Crippen molar-refractivity contribution in [2.75, 3.05) is 0 Å². The first-order valence-electron chi connectivity index (χ1n) is 6.49. The predicted molar refractivity (Wildman–Crippen MR) is 73.7 cm³/mol. The molecule has 0 saturated carbocycles. The van der Waals surface area contributed by atoms with Gasteiger partial charge in [-0.25, -0.2) is 0 Å². The number of hydrogen-bond acceptors (Lipinski definition) is 2. The van der Waals surface area contributed by atoms with Gasteiger partial charge in [-0.05, 0) is 30.6 Å². The third-order valence-corrected chi connectivity index (χ3v) is 2.93. The van der Waals surface area contributed by atoms with Gasteiger partial charge in [-0.1, -0.05) is 41.5 Å². The molecule has 0 aliphatic carbocycles. The van der Waals surface area contributed by atoms with Crippen LogP contribution in [0.2, 0.25) is 0 Å². The molecule has 0 aromatic heterocycles. The normalized spacial score (nSPS) is 16.5.